The van der Waals surface area contributed by atoms with Crippen molar-refractivity contribution in [3.8, 4) is 5.75 Å². The summed E-state index contributed by atoms with van der Waals surface area (Å²) in [6.07, 6.45) is 1.85. The molecule has 0 aromatic heterocycles. The fraction of sp³-hybridized carbons (Fsp3) is 0.467. The summed E-state index contributed by atoms with van der Waals surface area (Å²) < 4.78 is 0. The van der Waals surface area contributed by atoms with Crippen LogP contribution in [-0.2, 0) is 16.1 Å². The van der Waals surface area contributed by atoms with Crippen molar-refractivity contribution in [3.63, 3.8) is 0 Å². The van der Waals surface area contributed by atoms with Gasteiger partial charge in [0.15, 0.2) is 0 Å². The highest BCUT2D eigenvalue weighted by molar-refractivity contribution is 5.89. The largest absolute Gasteiger partial charge is 0.508 e. The van der Waals surface area contributed by atoms with E-state index in [4.69, 9.17) is 0 Å². The molecule has 1 aromatic rings. The van der Waals surface area contributed by atoms with Crippen LogP contribution in [0.1, 0.15) is 31.7 Å². The Balaban J connectivity index is 2.10. The van der Waals surface area contributed by atoms with Gasteiger partial charge in [-0.2, -0.15) is 0 Å². The fourth-order valence-corrected chi connectivity index (χ4v) is 2.36. The number of carbonyl (C=O) groups is 2. The smallest absolute Gasteiger partial charge is 0.245 e. The third-order valence-corrected chi connectivity index (χ3v) is 3.44. The summed E-state index contributed by atoms with van der Waals surface area (Å²) in [6.45, 7) is 2.90. The Hall–Kier alpha value is -2.04. The minimum absolute atomic E-state index is 0.0224. The van der Waals surface area contributed by atoms with E-state index in [0.29, 0.717) is 25.9 Å². The molecule has 5 nitrogen and oxygen atoms in total. The molecule has 5 heteroatoms. The van der Waals surface area contributed by atoms with Gasteiger partial charge in [-0.05, 0) is 24.1 Å². The van der Waals surface area contributed by atoms with Gasteiger partial charge >= 0.3 is 0 Å². The normalized spacial score (nSPS) is 19.6. The van der Waals surface area contributed by atoms with Crippen LogP contribution in [0.3, 0.4) is 0 Å². The number of hydrogen-bond donors (Lipinski definition) is 2. The van der Waals surface area contributed by atoms with Gasteiger partial charge in [0.05, 0.1) is 0 Å². The standard InChI is InChI=1S/C15H20N2O3/c1-2-3-13-15(20)17(9-8-14(19)16-13)10-11-4-6-12(18)7-5-11/h4-7,13,18H,2-3,8-10H2,1H3,(H,16,19). The summed E-state index contributed by atoms with van der Waals surface area (Å²) in [4.78, 5) is 25.8. The minimum Gasteiger partial charge on any atom is -0.508 e. The Bertz CT molecular complexity index is 484. The van der Waals surface area contributed by atoms with Crippen molar-refractivity contribution in [1.29, 1.82) is 0 Å². The average Bonchev–Trinajstić information content (AvgIpc) is 2.55. The predicted molar refractivity (Wildman–Crippen MR) is 75.0 cm³/mol. The maximum atomic E-state index is 12.4. The van der Waals surface area contributed by atoms with E-state index in [9.17, 15) is 14.7 Å². The van der Waals surface area contributed by atoms with Gasteiger partial charge in [-0.1, -0.05) is 25.5 Å². The molecule has 1 unspecified atom stereocenters. The van der Waals surface area contributed by atoms with Crippen LogP contribution < -0.4 is 5.32 Å². The highest BCUT2D eigenvalue weighted by Gasteiger charge is 2.28. The maximum Gasteiger partial charge on any atom is 0.245 e. The number of nitrogens with zero attached hydrogens (tertiary/aromatic N) is 1. The average molecular weight is 276 g/mol. The number of rotatable bonds is 4. The molecule has 1 saturated heterocycles. The van der Waals surface area contributed by atoms with Crippen LogP contribution >= 0.6 is 0 Å². The van der Waals surface area contributed by atoms with E-state index in [0.717, 1.165) is 12.0 Å². The molecule has 2 amide bonds. The van der Waals surface area contributed by atoms with Crippen LogP contribution in [-0.4, -0.2) is 34.4 Å². The molecule has 0 bridgehead atoms. The van der Waals surface area contributed by atoms with Gasteiger partial charge in [0, 0.05) is 19.5 Å². The number of nitrogens with one attached hydrogen (secondary N) is 1. The first kappa shape index (κ1) is 14.4. The number of hydrogen-bond acceptors (Lipinski definition) is 3. The first-order chi connectivity index (χ1) is 9.60. The van der Waals surface area contributed by atoms with Gasteiger partial charge in [0.2, 0.25) is 11.8 Å². The second-order valence-corrected chi connectivity index (χ2v) is 5.09. The third-order valence-electron chi connectivity index (χ3n) is 3.44. The third kappa shape index (κ3) is 3.50. The van der Waals surface area contributed by atoms with E-state index < -0.39 is 6.04 Å². The molecule has 20 heavy (non-hydrogen) atoms. The second kappa shape index (κ2) is 6.41. The molecule has 0 aliphatic carbocycles. The monoisotopic (exact) mass is 276 g/mol. The maximum absolute atomic E-state index is 12.4. The lowest BCUT2D eigenvalue weighted by atomic mass is 10.1. The molecule has 108 valence electrons. The van der Waals surface area contributed by atoms with Crippen LogP contribution in [0.2, 0.25) is 0 Å². The molecule has 0 saturated carbocycles. The lowest BCUT2D eigenvalue weighted by Gasteiger charge is -2.24. The van der Waals surface area contributed by atoms with Crippen molar-refractivity contribution >= 4 is 11.8 Å². The first-order valence-electron chi connectivity index (χ1n) is 6.96. The van der Waals surface area contributed by atoms with E-state index in [1.54, 1.807) is 29.2 Å². The summed E-state index contributed by atoms with van der Waals surface area (Å²) in [5, 5.41) is 12.1. The van der Waals surface area contributed by atoms with Crippen LogP contribution in [0, 0.1) is 0 Å². The molecule has 0 radical (unpaired) electrons. The SMILES string of the molecule is CCCC1NC(=O)CCN(Cc2ccc(O)cc2)C1=O. The van der Waals surface area contributed by atoms with Crippen LogP contribution in [0.4, 0.5) is 0 Å². The Labute approximate surface area is 118 Å². The number of phenolic OH excluding ortho intramolecular Hbond substituents is 1. The Kier molecular flexibility index (Phi) is 4.61. The molecular weight excluding hydrogens is 256 g/mol. The Morgan fingerprint density at radius 2 is 2.00 bits per heavy atom. The van der Waals surface area contributed by atoms with Crippen LogP contribution in [0.15, 0.2) is 24.3 Å². The van der Waals surface area contributed by atoms with Crippen molar-refractivity contribution in [3.05, 3.63) is 29.8 Å². The number of phenols is 1. The molecule has 1 fully saturated rings. The molecule has 1 aromatic carbocycles. The molecule has 1 heterocycles. The minimum atomic E-state index is -0.410. The van der Waals surface area contributed by atoms with Crippen molar-refractivity contribution in [2.24, 2.45) is 0 Å². The molecule has 1 aliphatic heterocycles. The van der Waals surface area contributed by atoms with Crippen molar-refractivity contribution in [2.75, 3.05) is 6.54 Å². The zero-order valence-corrected chi connectivity index (χ0v) is 11.6. The predicted octanol–water partition coefficient (Wildman–Crippen LogP) is 1.41. The van der Waals surface area contributed by atoms with Gasteiger partial charge in [0.25, 0.3) is 0 Å². The van der Waals surface area contributed by atoms with E-state index in [1.165, 1.54) is 0 Å². The number of amides is 2. The summed E-state index contributed by atoms with van der Waals surface area (Å²) in [7, 11) is 0. The topological polar surface area (TPSA) is 69.6 Å². The van der Waals surface area contributed by atoms with E-state index >= 15 is 0 Å². The Morgan fingerprint density at radius 3 is 2.65 bits per heavy atom. The lowest BCUT2D eigenvalue weighted by Crippen LogP contribution is -2.44. The van der Waals surface area contributed by atoms with Gasteiger partial charge in [-0.25, -0.2) is 0 Å². The van der Waals surface area contributed by atoms with Gasteiger partial charge in [-0.3, -0.25) is 9.59 Å². The number of carbonyl (C=O) groups excluding carboxylic acids is 2. The summed E-state index contributed by atoms with van der Waals surface area (Å²) in [6, 6.07) is 6.37. The highest BCUT2D eigenvalue weighted by atomic mass is 16.3. The molecule has 0 spiro atoms. The van der Waals surface area contributed by atoms with E-state index in [1.807, 2.05) is 6.92 Å². The zero-order chi connectivity index (χ0) is 14.5. The second-order valence-electron chi connectivity index (χ2n) is 5.09. The first-order valence-corrected chi connectivity index (χ1v) is 6.96. The van der Waals surface area contributed by atoms with Crippen molar-refractivity contribution in [1.82, 2.24) is 10.2 Å². The molecule has 1 aliphatic rings. The highest BCUT2D eigenvalue weighted by Crippen LogP contribution is 2.15. The zero-order valence-electron chi connectivity index (χ0n) is 11.6. The molecule has 2 N–H and O–H groups in total. The van der Waals surface area contributed by atoms with Gasteiger partial charge in [-0.15, -0.1) is 0 Å². The van der Waals surface area contributed by atoms with Crippen LogP contribution in [0.5, 0.6) is 5.75 Å². The Morgan fingerprint density at radius 1 is 1.30 bits per heavy atom. The van der Waals surface area contributed by atoms with Crippen molar-refractivity contribution < 1.29 is 14.7 Å². The lowest BCUT2D eigenvalue weighted by molar-refractivity contribution is -0.134. The van der Waals surface area contributed by atoms with Crippen molar-refractivity contribution in [2.45, 2.75) is 38.8 Å². The number of benzene rings is 1. The summed E-state index contributed by atoms with van der Waals surface area (Å²) >= 11 is 0. The fourth-order valence-electron chi connectivity index (χ4n) is 2.36. The van der Waals surface area contributed by atoms with E-state index in [-0.39, 0.29) is 17.6 Å². The molecule has 1 atom stereocenters. The van der Waals surface area contributed by atoms with Gasteiger partial charge < -0.3 is 15.3 Å². The van der Waals surface area contributed by atoms with E-state index in [2.05, 4.69) is 5.32 Å². The molecule has 2 rings (SSSR count). The summed E-state index contributed by atoms with van der Waals surface area (Å²) in [5.74, 6) is 0.118. The number of aromatic hydroxyl groups is 1. The summed E-state index contributed by atoms with van der Waals surface area (Å²) in [5.41, 5.74) is 0.945. The van der Waals surface area contributed by atoms with Gasteiger partial charge in [0.1, 0.15) is 11.8 Å². The van der Waals surface area contributed by atoms with Crippen LogP contribution in [0.25, 0.3) is 0 Å². The quantitative estimate of drug-likeness (QED) is 0.873. The molecular formula is C15H20N2O3.